The van der Waals surface area contributed by atoms with E-state index < -0.39 is 58.6 Å². The van der Waals surface area contributed by atoms with Crippen molar-refractivity contribution >= 4 is 49.5 Å². The van der Waals surface area contributed by atoms with Gasteiger partial charge >= 0.3 is 0 Å². The lowest BCUT2D eigenvalue weighted by Gasteiger charge is -2.25. The molecule has 362 valence electrons. The molecule has 0 aliphatic rings. The van der Waals surface area contributed by atoms with Crippen molar-refractivity contribution in [3.8, 4) is 0 Å². The Hall–Kier alpha value is -4.19. The van der Waals surface area contributed by atoms with Crippen molar-refractivity contribution in [1.29, 1.82) is 0 Å². The van der Waals surface area contributed by atoms with E-state index in [1.165, 1.54) is 62.4 Å². The standard InChI is InChI=1S/C17H20O4S2.C15H16O4S2.C10H14O3S.6CH4/c1-13-5-9-15(10-6-13)22(18,19)17(3,4)23(20,21)16-11-7-14(2)8-12-16;1-12-3-7-14(8-4-12)20(16,17)11-21(18,19)15-9-5-13(2)6-10-15;1-3-9-5-7-10(8-6-9)14(11,12)13-4-2;;;;;;/h5-12H,1-4H3;3-10H,11H2,1-2H3;5-8H,3-4H2,1-2H3;6*1H4. The first kappa shape index (κ1) is 66.4. The average molecular weight is 987 g/mol. The smallest absolute Gasteiger partial charge is 0.267 e. The van der Waals surface area contributed by atoms with Crippen LogP contribution in [0.3, 0.4) is 0 Å². The number of hydrogen-bond acceptors (Lipinski definition) is 11. The summed E-state index contributed by atoms with van der Waals surface area (Å²) < 4.78 is 126. The van der Waals surface area contributed by atoms with Gasteiger partial charge in [0.1, 0.15) is 0 Å². The molecule has 0 aliphatic carbocycles. The molecule has 0 fully saturated rings. The van der Waals surface area contributed by atoms with Crippen molar-refractivity contribution in [3.63, 3.8) is 0 Å². The van der Waals surface area contributed by atoms with Crippen LogP contribution in [0.5, 0.6) is 0 Å². The molecule has 0 aromatic heterocycles. The molecule has 0 amide bonds. The Morgan fingerprint density at radius 3 is 0.891 bits per heavy atom. The molecule has 5 aromatic carbocycles. The quantitative estimate of drug-likeness (QED) is 0.109. The molecule has 0 unspecified atom stereocenters. The molecule has 0 bridgehead atoms. The van der Waals surface area contributed by atoms with Crippen LogP contribution < -0.4 is 0 Å². The number of hydrogen-bond donors (Lipinski definition) is 0. The van der Waals surface area contributed by atoms with Gasteiger partial charge < -0.3 is 0 Å². The Morgan fingerprint density at radius 2 is 0.641 bits per heavy atom. The lowest BCUT2D eigenvalue weighted by molar-refractivity contribution is 0.338. The fraction of sp³-hybridized carbons (Fsp3) is 0.375. The Morgan fingerprint density at radius 1 is 0.391 bits per heavy atom. The largest absolute Gasteiger partial charge is 0.296 e. The minimum absolute atomic E-state index is 0. The molecule has 0 spiro atoms. The molecular weight excluding hydrogens is 913 g/mol. The van der Waals surface area contributed by atoms with Crippen LogP contribution in [-0.4, -0.2) is 57.9 Å². The Labute approximate surface area is 389 Å². The summed E-state index contributed by atoms with van der Waals surface area (Å²) >= 11 is 0. The molecule has 64 heavy (non-hydrogen) atoms. The molecule has 0 heterocycles. The molecule has 5 rings (SSSR count). The monoisotopic (exact) mass is 986 g/mol. The maximum absolute atomic E-state index is 12.9. The van der Waals surface area contributed by atoms with E-state index in [0.29, 0.717) is 0 Å². The van der Waals surface area contributed by atoms with Crippen LogP contribution >= 0.6 is 0 Å². The molecule has 0 radical (unpaired) electrons. The Balaban J connectivity index is -0.000000413. The molecular formula is C48H74O11S5. The number of rotatable bonds is 12. The summed E-state index contributed by atoms with van der Waals surface area (Å²) in [6.45, 7) is 13.6. The van der Waals surface area contributed by atoms with E-state index in [1.807, 2.05) is 34.6 Å². The third kappa shape index (κ3) is 16.7. The second-order valence-corrected chi connectivity index (χ2v) is 25.1. The van der Waals surface area contributed by atoms with Crippen LogP contribution in [0.15, 0.2) is 146 Å². The van der Waals surface area contributed by atoms with Crippen molar-refractivity contribution in [2.75, 3.05) is 11.7 Å². The van der Waals surface area contributed by atoms with Gasteiger partial charge in [-0.25, -0.2) is 33.7 Å². The van der Waals surface area contributed by atoms with E-state index in [9.17, 15) is 42.1 Å². The lowest BCUT2D eigenvalue weighted by atomic mass is 10.2. The van der Waals surface area contributed by atoms with Crippen LogP contribution in [0.2, 0.25) is 0 Å². The van der Waals surface area contributed by atoms with Gasteiger partial charge in [-0.05, 0) is 121 Å². The number of sulfone groups is 4. The minimum Gasteiger partial charge on any atom is -0.267 e. The lowest BCUT2D eigenvalue weighted by Crippen LogP contribution is -2.40. The Kier molecular flexibility index (Phi) is 27.7. The number of aryl methyl sites for hydroxylation is 5. The van der Waals surface area contributed by atoms with Gasteiger partial charge in [0, 0.05) is 0 Å². The van der Waals surface area contributed by atoms with Gasteiger partial charge in [0.2, 0.25) is 0 Å². The van der Waals surface area contributed by atoms with Gasteiger partial charge in [0.05, 0.1) is 31.1 Å². The third-order valence-electron chi connectivity index (χ3n) is 8.92. The van der Waals surface area contributed by atoms with Gasteiger partial charge in [-0.3, -0.25) is 4.18 Å². The predicted molar refractivity (Wildman–Crippen MR) is 267 cm³/mol. The minimum atomic E-state index is -4.06. The van der Waals surface area contributed by atoms with Crippen molar-refractivity contribution in [2.24, 2.45) is 0 Å². The predicted octanol–water partition coefficient (Wildman–Crippen LogP) is 11.6. The SMILES string of the molecule is C.C.C.C.C.C.CCOS(=O)(=O)c1ccc(CC)cc1.Cc1ccc(S(=O)(=O)C(C)(C)S(=O)(=O)c2ccc(C)cc2)cc1.Cc1ccc(S(=O)(=O)CS(=O)(=O)c2ccc(C)cc2)cc1. The maximum Gasteiger partial charge on any atom is 0.296 e. The second kappa shape index (κ2) is 26.7. The van der Waals surface area contributed by atoms with E-state index in [1.54, 1.807) is 79.7 Å². The molecule has 5 aromatic rings. The van der Waals surface area contributed by atoms with E-state index in [4.69, 9.17) is 0 Å². The molecule has 0 aliphatic heterocycles. The summed E-state index contributed by atoms with van der Waals surface area (Å²) in [5.74, 6) is 0. The summed E-state index contributed by atoms with van der Waals surface area (Å²) in [5, 5.41) is -0.924. The van der Waals surface area contributed by atoms with E-state index in [-0.39, 0.29) is 75.6 Å². The van der Waals surface area contributed by atoms with Gasteiger partial charge in [0.25, 0.3) is 10.1 Å². The van der Waals surface area contributed by atoms with E-state index in [2.05, 4.69) is 4.18 Å². The summed E-state index contributed by atoms with van der Waals surface area (Å²) in [6.07, 6.45) is 0.898. The molecule has 0 N–H and O–H groups in total. The van der Waals surface area contributed by atoms with Crippen LogP contribution in [0.25, 0.3) is 0 Å². The first-order chi connectivity index (χ1) is 26.8. The molecule has 16 heteroatoms. The first-order valence-electron chi connectivity index (χ1n) is 18.0. The van der Waals surface area contributed by atoms with Crippen molar-refractivity contribution in [2.45, 2.75) is 135 Å². The highest BCUT2D eigenvalue weighted by molar-refractivity contribution is 8.10. The zero-order chi connectivity index (χ0) is 43.7. The van der Waals surface area contributed by atoms with E-state index >= 15 is 0 Å². The first-order valence-corrected chi connectivity index (χ1v) is 25.7. The fourth-order valence-electron chi connectivity index (χ4n) is 5.09. The molecule has 11 nitrogen and oxygen atoms in total. The summed E-state index contributed by atoms with van der Waals surface area (Å²) in [6, 6.07) is 31.4. The molecule has 0 saturated heterocycles. The average Bonchev–Trinajstić information content (AvgIpc) is 3.15. The third-order valence-corrected chi connectivity index (χ3v) is 20.5. The van der Waals surface area contributed by atoms with Gasteiger partial charge in [-0.15, -0.1) is 0 Å². The van der Waals surface area contributed by atoms with Crippen molar-refractivity contribution < 1.29 is 46.3 Å². The molecule has 0 saturated carbocycles. The normalized spacial score (nSPS) is 11.2. The van der Waals surface area contributed by atoms with Crippen LogP contribution in [0, 0.1) is 27.7 Å². The van der Waals surface area contributed by atoms with Crippen molar-refractivity contribution in [3.05, 3.63) is 149 Å². The maximum atomic E-state index is 12.9. The summed E-state index contributed by atoms with van der Waals surface area (Å²) in [5.41, 5.74) is 4.75. The van der Waals surface area contributed by atoms with Gasteiger partial charge in [-0.2, -0.15) is 8.42 Å². The van der Waals surface area contributed by atoms with Crippen LogP contribution in [0.1, 0.15) is 100 Å². The Bertz CT molecular complexity index is 2560. The number of benzene rings is 5. The van der Waals surface area contributed by atoms with Gasteiger partial charge in [0.15, 0.2) is 48.5 Å². The second-order valence-electron chi connectivity index (χ2n) is 13.9. The molecule has 0 atom stereocenters. The van der Waals surface area contributed by atoms with E-state index in [0.717, 1.165) is 34.2 Å². The highest BCUT2D eigenvalue weighted by atomic mass is 32.3. The fourth-order valence-corrected chi connectivity index (χ4v) is 13.7. The zero-order valence-corrected chi connectivity index (χ0v) is 37.8. The highest BCUT2D eigenvalue weighted by Gasteiger charge is 2.48. The van der Waals surface area contributed by atoms with Crippen LogP contribution in [0.4, 0.5) is 0 Å². The zero-order valence-electron chi connectivity index (χ0n) is 33.7. The van der Waals surface area contributed by atoms with Gasteiger partial charge in [-0.1, -0.05) is 134 Å². The summed E-state index contributed by atoms with van der Waals surface area (Å²) in [4.78, 5) is 0.261. The van der Waals surface area contributed by atoms with Crippen LogP contribution in [-0.2, 0) is 60.1 Å². The highest BCUT2D eigenvalue weighted by Crippen LogP contribution is 2.35. The topological polar surface area (TPSA) is 180 Å². The summed E-state index contributed by atoms with van der Waals surface area (Å²) in [7, 11) is -19.4. The van der Waals surface area contributed by atoms with Crippen molar-refractivity contribution in [1.82, 2.24) is 0 Å².